The minimum Gasteiger partial charge on any atom is -0.465 e. The first-order valence-corrected chi connectivity index (χ1v) is 5.68. The fraction of sp³-hybridized carbons (Fsp3) is 0.667. The molecule has 0 aliphatic rings. The highest BCUT2D eigenvalue weighted by Gasteiger charge is 2.39. The van der Waals surface area contributed by atoms with E-state index < -0.39 is 35.3 Å². The van der Waals surface area contributed by atoms with E-state index in [-0.39, 0.29) is 6.61 Å². The first-order chi connectivity index (χ1) is 8.56. The summed E-state index contributed by atoms with van der Waals surface area (Å²) in [6, 6.07) is 0. The van der Waals surface area contributed by atoms with E-state index in [0.717, 1.165) is 6.92 Å². The number of carbonyl (C=O) groups excluding carboxylic acids is 4. The van der Waals surface area contributed by atoms with Crippen molar-refractivity contribution < 1.29 is 28.7 Å². The molecule has 2 amide bonds. The van der Waals surface area contributed by atoms with Gasteiger partial charge in [-0.15, -0.1) is 0 Å². The predicted octanol–water partition coefficient (Wildman–Crippen LogP) is 0.170. The zero-order valence-corrected chi connectivity index (χ0v) is 11.7. The molecule has 0 aliphatic heterocycles. The molecule has 0 saturated carbocycles. The maximum absolute atomic E-state index is 11.8. The Morgan fingerprint density at radius 2 is 1.58 bits per heavy atom. The standard InChI is InChI=1S/C12H19NO6/c1-7(14)13-11(17)10(19-9(3)16)12(4,5)6-18-8(2)15/h10H,6H2,1-5H3,(H,13,14,17)/t10-/m0/s1. The predicted molar refractivity (Wildman–Crippen MR) is 64.8 cm³/mol. The van der Waals surface area contributed by atoms with E-state index in [2.05, 4.69) is 0 Å². The van der Waals surface area contributed by atoms with Crippen molar-refractivity contribution in [3.05, 3.63) is 0 Å². The molecular formula is C12H19NO6. The van der Waals surface area contributed by atoms with Gasteiger partial charge < -0.3 is 9.47 Å². The molecule has 0 aromatic heterocycles. The van der Waals surface area contributed by atoms with Crippen LogP contribution in [0.15, 0.2) is 0 Å². The van der Waals surface area contributed by atoms with Crippen molar-refractivity contribution in [1.82, 2.24) is 5.32 Å². The van der Waals surface area contributed by atoms with Crippen molar-refractivity contribution in [2.45, 2.75) is 40.7 Å². The summed E-state index contributed by atoms with van der Waals surface area (Å²) in [6.07, 6.45) is -1.23. The molecule has 0 fully saturated rings. The van der Waals surface area contributed by atoms with Gasteiger partial charge in [-0.05, 0) is 0 Å². The van der Waals surface area contributed by atoms with Gasteiger partial charge in [0, 0.05) is 26.2 Å². The van der Waals surface area contributed by atoms with E-state index in [0.29, 0.717) is 0 Å². The Kier molecular flexibility index (Phi) is 6.17. The second-order valence-electron chi connectivity index (χ2n) is 4.80. The molecule has 0 saturated heterocycles. The van der Waals surface area contributed by atoms with Crippen LogP contribution in [0.1, 0.15) is 34.6 Å². The van der Waals surface area contributed by atoms with Crippen molar-refractivity contribution >= 4 is 23.8 Å². The van der Waals surface area contributed by atoms with E-state index in [1.807, 2.05) is 5.32 Å². The van der Waals surface area contributed by atoms with Crippen molar-refractivity contribution in [1.29, 1.82) is 0 Å². The lowest BCUT2D eigenvalue weighted by molar-refractivity contribution is -0.167. The topological polar surface area (TPSA) is 98.8 Å². The molecule has 0 radical (unpaired) electrons. The smallest absolute Gasteiger partial charge is 0.303 e. The van der Waals surface area contributed by atoms with Crippen LogP contribution in [0.2, 0.25) is 0 Å². The molecular weight excluding hydrogens is 254 g/mol. The van der Waals surface area contributed by atoms with Crippen molar-refractivity contribution in [3.8, 4) is 0 Å². The summed E-state index contributed by atoms with van der Waals surface area (Å²) in [5, 5.41) is 2.05. The number of hydrogen-bond acceptors (Lipinski definition) is 6. The lowest BCUT2D eigenvalue weighted by Gasteiger charge is -2.31. The number of esters is 2. The lowest BCUT2D eigenvalue weighted by Crippen LogP contribution is -2.49. The number of ether oxygens (including phenoxy) is 2. The van der Waals surface area contributed by atoms with Crippen LogP contribution >= 0.6 is 0 Å². The molecule has 7 heteroatoms. The average Bonchev–Trinajstić information content (AvgIpc) is 2.21. The molecule has 0 aromatic carbocycles. The third-order valence-electron chi connectivity index (χ3n) is 2.18. The number of carbonyl (C=O) groups is 4. The van der Waals surface area contributed by atoms with Gasteiger partial charge in [-0.25, -0.2) is 0 Å². The van der Waals surface area contributed by atoms with Crippen LogP contribution in [0.25, 0.3) is 0 Å². The summed E-state index contributed by atoms with van der Waals surface area (Å²) in [4.78, 5) is 44.5. The largest absolute Gasteiger partial charge is 0.465 e. The van der Waals surface area contributed by atoms with E-state index in [4.69, 9.17) is 9.47 Å². The SMILES string of the molecule is CC(=O)NC(=O)[C@H](OC(C)=O)C(C)(C)COC(C)=O. The highest BCUT2D eigenvalue weighted by molar-refractivity contribution is 5.97. The Morgan fingerprint density at radius 1 is 1.05 bits per heavy atom. The molecule has 0 rings (SSSR count). The van der Waals surface area contributed by atoms with Gasteiger partial charge in [0.2, 0.25) is 5.91 Å². The molecule has 0 heterocycles. The molecule has 0 spiro atoms. The van der Waals surface area contributed by atoms with Crippen molar-refractivity contribution in [2.75, 3.05) is 6.61 Å². The van der Waals surface area contributed by atoms with E-state index in [1.54, 1.807) is 13.8 Å². The Morgan fingerprint density at radius 3 is 1.95 bits per heavy atom. The van der Waals surface area contributed by atoms with E-state index in [1.165, 1.54) is 13.8 Å². The fourth-order valence-corrected chi connectivity index (χ4v) is 1.34. The number of imide groups is 1. The van der Waals surface area contributed by atoms with Crippen LogP contribution in [0.3, 0.4) is 0 Å². The normalized spacial score (nSPS) is 12.3. The van der Waals surface area contributed by atoms with Crippen molar-refractivity contribution in [3.63, 3.8) is 0 Å². The van der Waals surface area contributed by atoms with Crippen LogP contribution in [0.4, 0.5) is 0 Å². The zero-order valence-electron chi connectivity index (χ0n) is 11.7. The van der Waals surface area contributed by atoms with Gasteiger partial charge in [-0.3, -0.25) is 24.5 Å². The zero-order chi connectivity index (χ0) is 15.2. The van der Waals surface area contributed by atoms with Crippen LogP contribution in [0.5, 0.6) is 0 Å². The van der Waals surface area contributed by atoms with Crippen LogP contribution in [0, 0.1) is 5.41 Å². The molecule has 7 nitrogen and oxygen atoms in total. The minimum absolute atomic E-state index is 0.119. The first kappa shape index (κ1) is 17.1. The molecule has 0 unspecified atom stereocenters. The molecule has 108 valence electrons. The number of nitrogens with one attached hydrogen (secondary N) is 1. The highest BCUT2D eigenvalue weighted by Crippen LogP contribution is 2.24. The monoisotopic (exact) mass is 273 g/mol. The Balaban J connectivity index is 4.99. The highest BCUT2D eigenvalue weighted by atomic mass is 16.6. The Labute approximate surface area is 111 Å². The van der Waals surface area contributed by atoms with E-state index >= 15 is 0 Å². The van der Waals surface area contributed by atoms with Crippen LogP contribution < -0.4 is 5.32 Å². The van der Waals surface area contributed by atoms with Gasteiger partial charge in [0.15, 0.2) is 6.10 Å². The Hall–Kier alpha value is -1.92. The molecule has 1 atom stereocenters. The molecule has 0 aliphatic carbocycles. The van der Waals surface area contributed by atoms with Gasteiger partial charge >= 0.3 is 11.9 Å². The quantitative estimate of drug-likeness (QED) is 0.717. The number of amides is 2. The summed E-state index contributed by atoms with van der Waals surface area (Å²) in [5.41, 5.74) is -0.961. The minimum atomic E-state index is -1.23. The third kappa shape index (κ3) is 6.54. The van der Waals surface area contributed by atoms with Gasteiger partial charge in [0.25, 0.3) is 5.91 Å². The first-order valence-electron chi connectivity index (χ1n) is 5.68. The molecule has 1 N–H and O–H groups in total. The second kappa shape index (κ2) is 6.86. The summed E-state index contributed by atoms with van der Waals surface area (Å²) in [6.45, 7) is 6.60. The van der Waals surface area contributed by atoms with Gasteiger partial charge in [-0.1, -0.05) is 13.8 Å². The molecule has 0 aromatic rings. The third-order valence-corrected chi connectivity index (χ3v) is 2.18. The average molecular weight is 273 g/mol. The maximum Gasteiger partial charge on any atom is 0.303 e. The fourth-order valence-electron chi connectivity index (χ4n) is 1.34. The number of hydrogen-bond donors (Lipinski definition) is 1. The summed E-state index contributed by atoms with van der Waals surface area (Å²) in [7, 11) is 0. The summed E-state index contributed by atoms with van der Waals surface area (Å²) >= 11 is 0. The molecule has 0 bridgehead atoms. The van der Waals surface area contributed by atoms with Crippen molar-refractivity contribution in [2.24, 2.45) is 5.41 Å². The molecule has 19 heavy (non-hydrogen) atoms. The second-order valence-corrected chi connectivity index (χ2v) is 4.80. The Bertz CT molecular complexity index is 388. The van der Waals surface area contributed by atoms with Crippen LogP contribution in [-0.2, 0) is 28.7 Å². The van der Waals surface area contributed by atoms with Gasteiger partial charge in [0.1, 0.15) is 6.61 Å². The van der Waals surface area contributed by atoms with Crippen LogP contribution in [-0.4, -0.2) is 36.5 Å². The van der Waals surface area contributed by atoms with E-state index in [9.17, 15) is 19.2 Å². The van der Waals surface area contributed by atoms with Gasteiger partial charge in [0.05, 0.1) is 0 Å². The summed E-state index contributed by atoms with van der Waals surface area (Å²) < 4.78 is 9.74. The maximum atomic E-state index is 11.8. The number of rotatable bonds is 5. The lowest BCUT2D eigenvalue weighted by atomic mass is 9.86. The van der Waals surface area contributed by atoms with Gasteiger partial charge in [-0.2, -0.15) is 0 Å². The summed E-state index contributed by atoms with van der Waals surface area (Å²) in [5.74, 6) is -2.49.